The van der Waals surface area contributed by atoms with E-state index in [0.29, 0.717) is 29.2 Å². The van der Waals surface area contributed by atoms with Gasteiger partial charge in [-0.25, -0.2) is 0 Å². The summed E-state index contributed by atoms with van der Waals surface area (Å²) < 4.78 is 51.9. The van der Waals surface area contributed by atoms with Gasteiger partial charge in [-0.2, -0.15) is 13.2 Å². The van der Waals surface area contributed by atoms with Crippen LogP contribution in [0.1, 0.15) is 41.3 Å². The second-order valence-corrected chi connectivity index (χ2v) is 11.2. The van der Waals surface area contributed by atoms with E-state index in [9.17, 15) is 33.2 Å². The van der Waals surface area contributed by atoms with E-state index in [-0.39, 0.29) is 53.7 Å². The molecule has 0 saturated carbocycles. The Morgan fingerprint density at radius 1 is 1.09 bits per heavy atom. The zero-order chi connectivity index (χ0) is 30.9. The lowest BCUT2D eigenvalue weighted by Gasteiger charge is -2.39. The molecule has 1 aliphatic rings. The van der Waals surface area contributed by atoms with Crippen molar-refractivity contribution >= 4 is 34.0 Å². The van der Waals surface area contributed by atoms with Crippen LogP contribution in [0.15, 0.2) is 72.9 Å². The van der Waals surface area contributed by atoms with Crippen molar-refractivity contribution in [2.24, 2.45) is 0 Å². The molecule has 1 N–H and O–H groups in total. The van der Waals surface area contributed by atoms with Gasteiger partial charge in [0.05, 0.1) is 16.0 Å². The molecule has 43 heavy (non-hydrogen) atoms. The van der Waals surface area contributed by atoms with E-state index in [1.54, 1.807) is 36.4 Å². The lowest BCUT2D eigenvalue weighted by Crippen LogP contribution is -2.53. The Labute approximate surface area is 250 Å². The molecule has 226 valence electrons. The van der Waals surface area contributed by atoms with Crippen molar-refractivity contribution in [3.8, 4) is 5.75 Å². The fourth-order valence-corrected chi connectivity index (χ4v) is 5.70. The molecule has 1 aromatic heterocycles. The van der Waals surface area contributed by atoms with Crippen molar-refractivity contribution < 1.29 is 32.7 Å². The first-order chi connectivity index (χ1) is 20.4. The Bertz CT molecular complexity index is 1650. The zero-order valence-corrected chi connectivity index (χ0v) is 23.9. The molecule has 5 rings (SSSR count). The summed E-state index contributed by atoms with van der Waals surface area (Å²) in [4.78, 5) is 24.4. The van der Waals surface area contributed by atoms with Crippen LogP contribution in [0.4, 0.5) is 18.9 Å². The van der Waals surface area contributed by atoms with E-state index in [1.165, 1.54) is 40.8 Å². The summed E-state index contributed by atoms with van der Waals surface area (Å²) in [7, 11) is 0. The van der Waals surface area contributed by atoms with Crippen molar-refractivity contribution in [1.82, 2.24) is 9.47 Å². The molecule has 0 spiro atoms. The summed E-state index contributed by atoms with van der Waals surface area (Å²) in [6.07, 6.45) is -3.41. The first-order valence-corrected chi connectivity index (χ1v) is 14.0. The number of benzene rings is 3. The van der Waals surface area contributed by atoms with Gasteiger partial charge in [-0.1, -0.05) is 41.9 Å². The number of fused-ring (bicyclic) bond motifs is 1. The predicted octanol–water partition coefficient (Wildman–Crippen LogP) is 6.75. The number of aliphatic hydroxyl groups is 1. The Hall–Kier alpha value is -3.93. The maximum absolute atomic E-state index is 14.8. The highest BCUT2D eigenvalue weighted by Crippen LogP contribution is 2.44. The van der Waals surface area contributed by atoms with Gasteiger partial charge in [0.25, 0.3) is 5.69 Å². The van der Waals surface area contributed by atoms with Gasteiger partial charge in [0.1, 0.15) is 11.9 Å². The number of hydrogen-bond donors (Lipinski definition) is 1. The SMILES string of the molecule is CC(=O)c1cc(Cl)ccc1OC1CCN(CC(O)(c2cn(Cc3ccccc3)c3cc([N+](=O)[O-])ccc23)C(F)(F)F)CC1. The third-order valence-corrected chi connectivity index (χ3v) is 8.02. The summed E-state index contributed by atoms with van der Waals surface area (Å²) in [6, 6.07) is 17.3. The minimum absolute atomic E-state index is 0.0825. The van der Waals surface area contributed by atoms with E-state index in [1.807, 2.05) is 6.07 Å². The minimum Gasteiger partial charge on any atom is -0.490 e. The van der Waals surface area contributed by atoms with Gasteiger partial charge in [-0.3, -0.25) is 19.8 Å². The summed E-state index contributed by atoms with van der Waals surface area (Å²) in [6.45, 7) is 1.24. The number of β-amino-alcohol motifs (C(OH)–C–C–N with tert-alkyl or cyclic N) is 1. The van der Waals surface area contributed by atoms with Crippen LogP contribution >= 0.6 is 11.6 Å². The number of hydrogen-bond acceptors (Lipinski definition) is 6. The quantitative estimate of drug-likeness (QED) is 0.127. The molecule has 1 fully saturated rings. The van der Waals surface area contributed by atoms with Gasteiger partial charge >= 0.3 is 6.18 Å². The third kappa shape index (κ3) is 6.39. The second kappa shape index (κ2) is 12.0. The van der Waals surface area contributed by atoms with Crippen molar-refractivity contribution in [2.75, 3.05) is 19.6 Å². The molecule has 0 amide bonds. The number of aromatic nitrogens is 1. The molecule has 2 heterocycles. The maximum atomic E-state index is 14.8. The summed E-state index contributed by atoms with van der Waals surface area (Å²) in [5, 5.41) is 23.4. The molecule has 1 unspecified atom stereocenters. The molecule has 1 aliphatic heterocycles. The van der Waals surface area contributed by atoms with Crippen molar-refractivity contribution in [3.63, 3.8) is 0 Å². The van der Waals surface area contributed by atoms with Crippen LogP contribution in [0.5, 0.6) is 5.75 Å². The summed E-state index contributed by atoms with van der Waals surface area (Å²) >= 11 is 6.01. The Morgan fingerprint density at radius 2 is 1.79 bits per heavy atom. The van der Waals surface area contributed by atoms with Crippen LogP contribution in [-0.4, -0.2) is 57.2 Å². The highest BCUT2D eigenvalue weighted by atomic mass is 35.5. The average molecular weight is 616 g/mol. The molecule has 4 aromatic rings. The maximum Gasteiger partial charge on any atom is 0.422 e. The molecular weight excluding hydrogens is 587 g/mol. The average Bonchev–Trinajstić information content (AvgIpc) is 3.32. The van der Waals surface area contributed by atoms with E-state index in [2.05, 4.69) is 0 Å². The Morgan fingerprint density at radius 3 is 2.42 bits per heavy atom. The van der Waals surface area contributed by atoms with Crippen molar-refractivity contribution in [1.29, 1.82) is 0 Å². The number of nitro groups is 1. The number of nitrogens with zero attached hydrogens (tertiary/aromatic N) is 3. The lowest BCUT2D eigenvalue weighted by molar-refractivity contribution is -0.384. The van der Waals surface area contributed by atoms with Crippen molar-refractivity contribution in [3.05, 3.63) is 105 Å². The number of carbonyl (C=O) groups excluding carboxylic acids is 1. The standard InChI is InChI=1S/C31H29ClF3N3O5/c1-20(39)26-15-22(32)7-10-29(26)43-24-11-13-36(14-12-24)19-30(40,31(33,34)35)27-18-37(17-21-5-3-2-4-6-21)28-16-23(38(41)42)8-9-25(27)28/h2-10,15-16,18,24,40H,11-14,17,19H2,1H3. The number of likely N-dealkylation sites (tertiary alicyclic amines) is 1. The molecule has 0 bridgehead atoms. The molecule has 0 aliphatic carbocycles. The first-order valence-electron chi connectivity index (χ1n) is 13.7. The second-order valence-electron chi connectivity index (χ2n) is 10.8. The van der Waals surface area contributed by atoms with Crippen LogP contribution in [0.2, 0.25) is 5.02 Å². The molecule has 12 heteroatoms. The van der Waals surface area contributed by atoms with Gasteiger partial charge in [-0.15, -0.1) is 0 Å². The number of non-ortho nitro benzene ring substituents is 1. The number of piperidine rings is 1. The number of ketones is 1. The smallest absolute Gasteiger partial charge is 0.422 e. The lowest BCUT2D eigenvalue weighted by atomic mass is 9.91. The minimum atomic E-state index is -5.05. The van der Waals surface area contributed by atoms with Gasteiger partial charge in [0.15, 0.2) is 5.78 Å². The number of Topliss-reactive ketones (excluding diaryl/α,β-unsaturated/α-hetero) is 1. The monoisotopic (exact) mass is 615 g/mol. The van der Waals surface area contributed by atoms with Crippen LogP contribution in [-0.2, 0) is 12.1 Å². The largest absolute Gasteiger partial charge is 0.490 e. The molecule has 1 saturated heterocycles. The van der Waals surface area contributed by atoms with E-state index >= 15 is 0 Å². The van der Waals surface area contributed by atoms with Crippen LogP contribution in [0.25, 0.3) is 10.9 Å². The van der Waals surface area contributed by atoms with Gasteiger partial charge in [-0.05, 0) is 49.6 Å². The third-order valence-electron chi connectivity index (χ3n) is 7.79. The van der Waals surface area contributed by atoms with Crippen LogP contribution < -0.4 is 4.74 Å². The number of rotatable bonds is 9. The fraction of sp³-hybridized carbons (Fsp3) is 0.323. The molecule has 8 nitrogen and oxygen atoms in total. The van der Waals surface area contributed by atoms with Crippen molar-refractivity contribution in [2.45, 2.75) is 44.2 Å². The van der Waals surface area contributed by atoms with Crippen LogP contribution in [0, 0.1) is 10.1 Å². The molecule has 0 radical (unpaired) electrons. The summed E-state index contributed by atoms with van der Waals surface area (Å²) in [5.74, 6) is 0.143. The van der Waals surface area contributed by atoms with E-state index in [0.717, 1.165) is 11.6 Å². The number of carbonyl (C=O) groups is 1. The molecular formula is C31H29ClF3N3O5. The normalized spacial score (nSPS) is 16.2. The Kier molecular flexibility index (Phi) is 8.51. The van der Waals surface area contributed by atoms with Gasteiger partial charge in [0.2, 0.25) is 5.60 Å². The molecule has 3 aromatic carbocycles. The highest BCUT2D eigenvalue weighted by Gasteiger charge is 2.57. The van der Waals surface area contributed by atoms with E-state index in [4.69, 9.17) is 16.3 Å². The number of ether oxygens (including phenoxy) is 1. The topological polar surface area (TPSA) is 97.8 Å². The van der Waals surface area contributed by atoms with E-state index < -0.39 is 23.2 Å². The van der Waals surface area contributed by atoms with Gasteiger partial charge in [0, 0.05) is 60.5 Å². The first kappa shape index (κ1) is 30.5. The predicted molar refractivity (Wildman–Crippen MR) is 156 cm³/mol. The molecule has 1 atom stereocenters. The zero-order valence-electron chi connectivity index (χ0n) is 23.2. The number of nitro benzene ring substituents is 1. The van der Waals surface area contributed by atoms with Crippen LogP contribution in [0.3, 0.4) is 0 Å². The summed E-state index contributed by atoms with van der Waals surface area (Å²) in [5.41, 5.74) is -2.57. The number of alkyl halides is 3. The van der Waals surface area contributed by atoms with Gasteiger partial charge < -0.3 is 14.4 Å². The highest BCUT2D eigenvalue weighted by molar-refractivity contribution is 6.31. The number of halogens is 4. The Balaban J connectivity index is 1.42. The fourth-order valence-electron chi connectivity index (χ4n) is 5.53.